The van der Waals surface area contributed by atoms with Crippen molar-refractivity contribution >= 4 is 62.8 Å². The molecule has 1 aliphatic rings. The van der Waals surface area contributed by atoms with E-state index >= 15 is 0 Å². The number of nitrogens with zero attached hydrogens (tertiary/aromatic N) is 1. The Morgan fingerprint density at radius 3 is 2.52 bits per heavy atom. The van der Waals surface area contributed by atoms with Gasteiger partial charge in [0.05, 0.1) is 34.0 Å². The summed E-state index contributed by atoms with van der Waals surface area (Å²) in [6, 6.07) is 12.3. The molecule has 0 fully saturated rings. The average Bonchev–Trinajstić information content (AvgIpc) is 2.87. The predicted molar refractivity (Wildman–Crippen MR) is 111 cm³/mol. The summed E-state index contributed by atoms with van der Waals surface area (Å²) in [6.07, 6.45) is 1.61. The maximum atomic E-state index is 13.1. The number of methoxy groups -OCH3 is 1. The second kappa shape index (κ2) is 7.89. The summed E-state index contributed by atoms with van der Waals surface area (Å²) in [5.74, 6) is -0.901. The summed E-state index contributed by atoms with van der Waals surface area (Å²) in [4.78, 5) is 27.0. The van der Waals surface area contributed by atoms with E-state index in [1.807, 2.05) is 12.1 Å². The summed E-state index contributed by atoms with van der Waals surface area (Å²) in [5, 5.41) is 0.771. The van der Waals surface area contributed by atoms with Crippen LogP contribution in [0.1, 0.15) is 12.5 Å². The molecule has 0 aromatic heterocycles. The smallest absolute Gasteiger partial charge is 0.340 e. The Kier molecular flexibility index (Phi) is 5.75. The van der Waals surface area contributed by atoms with Crippen molar-refractivity contribution < 1.29 is 14.3 Å². The van der Waals surface area contributed by atoms with Crippen LogP contribution in [0.3, 0.4) is 0 Å². The Morgan fingerprint density at radius 1 is 1.15 bits per heavy atom. The Bertz CT molecular complexity index is 1010. The first kappa shape index (κ1) is 19.7. The van der Waals surface area contributed by atoms with E-state index in [1.165, 1.54) is 12.0 Å². The second-order valence-corrected chi connectivity index (χ2v) is 7.53. The van der Waals surface area contributed by atoms with Gasteiger partial charge in [0.2, 0.25) is 0 Å². The molecule has 0 bridgehead atoms. The highest BCUT2D eigenvalue weighted by Crippen LogP contribution is 2.36. The van der Waals surface area contributed by atoms with Crippen molar-refractivity contribution in [2.24, 2.45) is 0 Å². The van der Waals surface area contributed by atoms with Crippen LogP contribution < -0.4 is 4.90 Å². The molecular formula is C20H14BrCl2NO3. The third-order valence-electron chi connectivity index (χ3n) is 4.11. The number of carbonyl (C=O) groups excluding carboxylic acids is 2. The number of carbonyl (C=O) groups is 2. The van der Waals surface area contributed by atoms with Crippen LogP contribution in [-0.2, 0) is 14.3 Å². The minimum Gasteiger partial charge on any atom is -0.465 e. The van der Waals surface area contributed by atoms with Gasteiger partial charge >= 0.3 is 5.97 Å². The maximum Gasteiger partial charge on any atom is 0.340 e. The largest absolute Gasteiger partial charge is 0.465 e. The van der Waals surface area contributed by atoms with Crippen LogP contribution >= 0.6 is 39.1 Å². The van der Waals surface area contributed by atoms with E-state index < -0.39 is 5.97 Å². The first-order valence-electron chi connectivity index (χ1n) is 7.90. The molecule has 1 aliphatic heterocycles. The number of allylic oxidation sites excluding steroid dienone is 1. The minimum atomic E-state index is -0.579. The molecule has 27 heavy (non-hydrogen) atoms. The monoisotopic (exact) mass is 465 g/mol. The van der Waals surface area contributed by atoms with Gasteiger partial charge in [-0.15, -0.1) is 0 Å². The molecule has 0 aliphatic carbocycles. The fraction of sp³-hybridized carbons (Fsp3) is 0.100. The third kappa shape index (κ3) is 3.81. The summed E-state index contributed by atoms with van der Waals surface area (Å²) >= 11 is 15.4. The van der Waals surface area contributed by atoms with Gasteiger partial charge < -0.3 is 4.74 Å². The zero-order valence-corrected chi connectivity index (χ0v) is 17.5. The van der Waals surface area contributed by atoms with E-state index in [4.69, 9.17) is 27.9 Å². The first-order chi connectivity index (χ1) is 12.8. The summed E-state index contributed by atoms with van der Waals surface area (Å²) < 4.78 is 5.72. The van der Waals surface area contributed by atoms with Gasteiger partial charge in [-0.2, -0.15) is 0 Å². The Labute approximate surface area is 175 Å². The molecule has 0 spiro atoms. The molecule has 2 aromatic rings. The number of ether oxygens (including phenoxy) is 1. The molecule has 4 nitrogen and oxygen atoms in total. The summed E-state index contributed by atoms with van der Waals surface area (Å²) in [6.45, 7) is 1.71. The highest BCUT2D eigenvalue weighted by molar-refractivity contribution is 9.10. The first-order valence-corrected chi connectivity index (χ1v) is 9.44. The molecule has 3 rings (SSSR count). The molecule has 0 N–H and O–H groups in total. The van der Waals surface area contributed by atoms with E-state index in [-0.39, 0.29) is 17.1 Å². The standard InChI is InChI=1S/C20H14BrCl2NO3/c1-11-18(20(26)27-2)15(8-12-6-7-16(22)17(23)9-12)19(25)24(11)14-5-3-4-13(21)10-14/h3-10H,1-2H3. The highest BCUT2D eigenvalue weighted by atomic mass is 79.9. The molecule has 0 unspecified atom stereocenters. The quantitative estimate of drug-likeness (QED) is 0.434. The van der Waals surface area contributed by atoms with Gasteiger partial charge in [-0.1, -0.05) is 51.3 Å². The van der Waals surface area contributed by atoms with Gasteiger partial charge in [0, 0.05) is 10.2 Å². The van der Waals surface area contributed by atoms with Crippen LogP contribution in [0.25, 0.3) is 6.08 Å². The van der Waals surface area contributed by atoms with Crippen LogP contribution in [-0.4, -0.2) is 19.0 Å². The van der Waals surface area contributed by atoms with Gasteiger partial charge in [-0.25, -0.2) is 4.79 Å². The fourth-order valence-corrected chi connectivity index (χ4v) is 3.57. The number of hydrogen-bond acceptors (Lipinski definition) is 3. The van der Waals surface area contributed by atoms with Gasteiger partial charge in [0.15, 0.2) is 0 Å². The number of benzene rings is 2. The lowest BCUT2D eigenvalue weighted by molar-refractivity contribution is -0.136. The minimum absolute atomic E-state index is 0.216. The fourth-order valence-electron chi connectivity index (χ4n) is 2.87. The van der Waals surface area contributed by atoms with Gasteiger partial charge in [0.1, 0.15) is 0 Å². The van der Waals surface area contributed by atoms with Crippen LogP contribution in [0.5, 0.6) is 0 Å². The third-order valence-corrected chi connectivity index (χ3v) is 5.34. The van der Waals surface area contributed by atoms with Crippen molar-refractivity contribution in [3.8, 4) is 0 Å². The zero-order valence-electron chi connectivity index (χ0n) is 14.4. The summed E-state index contributed by atoms with van der Waals surface area (Å²) in [5.41, 5.74) is 2.24. The van der Waals surface area contributed by atoms with Crippen LogP contribution in [0.15, 0.2) is 63.8 Å². The molecule has 1 amide bonds. The number of anilines is 1. The topological polar surface area (TPSA) is 46.6 Å². The van der Waals surface area contributed by atoms with E-state index in [1.54, 1.807) is 43.3 Å². The zero-order chi connectivity index (χ0) is 19.7. The van der Waals surface area contributed by atoms with E-state index in [0.717, 1.165) is 4.47 Å². The van der Waals surface area contributed by atoms with Crippen molar-refractivity contribution in [2.75, 3.05) is 12.0 Å². The Balaban J connectivity index is 2.15. The molecule has 1 heterocycles. The van der Waals surface area contributed by atoms with Gasteiger partial charge in [-0.3, -0.25) is 9.69 Å². The van der Waals surface area contributed by atoms with Crippen molar-refractivity contribution in [1.82, 2.24) is 0 Å². The number of hydrogen-bond donors (Lipinski definition) is 0. The molecule has 0 saturated heterocycles. The molecule has 138 valence electrons. The Morgan fingerprint density at radius 2 is 1.89 bits per heavy atom. The molecule has 2 aromatic carbocycles. The van der Waals surface area contributed by atoms with E-state index in [0.29, 0.717) is 27.0 Å². The lowest BCUT2D eigenvalue weighted by Crippen LogP contribution is -2.24. The number of esters is 1. The lowest BCUT2D eigenvalue weighted by atomic mass is 10.0. The Hall–Kier alpha value is -2.08. The maximum absolute atomic E-state index is 13.1. The molecule has 0 radical (unpaired) electrons. The average molecular weight is 467 g/mol. The van der Waals surface area contributed by atoms with Crippen molar-refractivity contribution in [3.63, 3.8) is 0 Å². The van der Waals surface area contributed by atoms with Crippen molar-refractivity contribution in [2.45, 2.75) is 6.92 Å². The van der Waals surface area contributed by atoms with Gasteiger partial charge in [-0.05, 0) is 48.9 Å². The number of amides is 1. The number of rotatable bonds is 3. The lowest BCUT2D eigenvalue weighted by Gasteiger charge is -2.18. The molecular weight excluding hydrogens is 453 g/mol. The van der Waals surface area contributed by atoms with E-state index in [9.17, 15) is 9.59 Å². The molecule has 7 heteroatoms. The number of halogens is 3. The van der Waals surface area contributed by atoms with Crippen molar-refractivity contribution in [1.29, 1.82) is 0 Å². The van der Waals surface area contributed by atoms with Crippen LogP contribution in [0, 0.1) is 0 Å². The van der Waals surface area contributed by atoms with Crippen LogP contribution in [0.2, 0.25) is 10.0 Å². The molecule has 0 atom stereocenters. The van der Waals surface area contributed by atoms with E-state index in [2.05, 4.69) is 15.9 Å². The normalized spacial score (nSPS) is 15.7. The molecule has 0 saturated carbocycles. The van der Waals surface area contributed by atoms with Gasteiger partial charge in [0.25, 0.3) is 5.91 Å². The predicted octanol–water partition coefficient (Wildman–Crippen LogP) is 5.63. The SMILES string of the molecule is COC(=O)C1=C(C)N(c2cccc(Br)c2)C(=O)C1=Cc1ccc(Cl)c(Cl)c1. The summed E-state index contributed by atoms with van der Waals surface area (Å²) in [7, 11) is 1.28. The van der Waals surface area contributed by atoms with Crippen LogP contribution in [0.4, 0.5) is 5.69 Å². The van der Waals surface area contributed by atoms with Crippen molar-refractivity contribution in [3.05, 3.63) is 79.4 Å². The second-order valence-electron chi connectivity index (χ2n) is 5.80. The highest BCUT2D eigenvalue weighted by Gasteiger charge is 2.37.